The molecule has 0 atom stereocenters. The second-order valence-electron chi connectivity index (χ2n) is 6.89. The summed E-state index contributed by atoms with van der Waals surface area (Å²) in [7, 11) is -3.73. The van der Waals surface area contributed by atoms with Crippen LogP contribution in [-0.4, -0.2) is 27.5 Å². The van der Waals surface area contributed by atoms with Gasteiger partial charge in [-0.15, -0.1) is 0 Å². The van der Waals surface area contributed by atoms with E-state index in [-0.39, 0.29) is 23.0 Å². The molecule has 0 heterocycles. The van der Waals surface area contributed by atoms with Gasteiger partial charge in [0, 0.05) is 29.5 Å². The Kier molecular flexibility index (Phi) is 8.56. The molecule has 2 N–H and O–H groups in total. The van der Waals surface area contributed by atoms with E-state index in [1.165, 1.54) is 59.5 Å². The van der Waals surface area contributed by atoms with Gasteiger partial charge in [-0.1, -0.05) is 34.8 Å². The van der Waals surface area contributed by atoms with Gasteiger partial charge in [0.1, 0.15) is 5.82 Å². The van der Waals surface area contributed by atoms with Gasteiger partial charge in [0.15, 0.2) is 0 Å². The third kappa shape index (κ3) is 7.06. The van der Waals surface area contributed by atoms with Crippen molar-refractivity contribution in [2.45, 2.75) is 11.3 Å². The molecular weight excluding hydrogens is 512 g/mol. The fourth-order valence-corrected chi connectivity index (χ4v) is 4.37. The molecule has 0 bridgehead atoms. The number of amides is 2. The van der Waals surface area contributed by atoms with E-state index in [0.717, 1.165) is 0 Å². The van der Waals surface area contributed by atoms with E-state index in [2.05, 4.69) is 10.0 Å². The quantitative estimate of drug-likeness (QED) is 0.341. The lowest BCUT2D eigenvalue weighted by Gasteiger charge is -2.23. The minimum Gasteiger partial charge on any atom is -0.307 e. The van der Waals surface area contributed by atoms with Crippen molar-refractivity contribution in [3.05, 3.63) is 87.6 Å². The fraction of sp³-hybridized carbons (Fsp3) is 0.136. The minimum atomic E-state index is -3.73. The molecule has 0 unspecified atom stereocenters. The first kappa shape index (κ1) is 25.3. The number of sulfonamides is 1. The van der Waals surface area contributed by atoms with Crippen LogP contribution in [0.5, 0.6) is 0 Å². The number of halogens is 4. The van der Waals surface area contributed by atoms with E-state index in [9.17, 15) is 17.6 Å². The fourth-order valence-electron chi connectivity index (χ4n) is 2.87. The molecule has 3 aromatic rings. The maximum atomic E-state index is 13.4. The SMILES string of the molecule is O=C(Nc1ccc(Cl)c(Cl)c1)N(CCCNS(=O)(=O)c1ccc(Cl)cc1)c1ccc(F)cc1. The lowest BCUT2D eigenvalue weighted by molar-refractivity contribution is 0.257. The van der Waals surface area contributed by atoms with E-state index < -0.39 is 21.9 Å². The smallest absolute Gasteiger partial charge is 0.307 e. The maximum Gasteiger partial charge on any atom is 0.326 e. The molecule has 0 saturated heterocycles. The van der Waals surface area contributed by atoms with E-state index >= 15 is 0 Å². The molecule has 11 heteroatoms. The number of urea groups is 1. The summed E-state index contributed by atoms with van der Waals surface area (Å²) in [6, 6.07) is 15.3. The van der Waals surface area contributed by atoms with Crippen LogP contribution in [0.4, 0.5) is 20.6 Å². The van der Waals surface area contributed by atoms with Gasteiger partial charge < -0.3 is 5.32 Å². The van der Waals surface area contributed by atoms with E-state index in [1.54, 1.807) is 12.1 Å². The Morgan fingerprint density at radius 2 is 1.58 bits per heavy atom. The zero-order valence-electron chi connectivity index (χ0n) is 17.1. The summed E-state index contributed by atoms with van der Waals surface area (Å²) < 4.78 is 40.7. The average Bonchev–Trinajstić information content (AvgIpc) is 2.77. The summed E-state index contributed by atoms with van der Waals surface area (Å²) >= 11 is 17.7. The highest BCUT2D eigenvalue weighted by atomic mass is 35.5. The monoisotopic (exact) mass is 529 g/mol. The summed E-state index contributed by atoms with van der Waals surface area (Å²) in [5.74, 6) is -0.445. The van der Waals surface area contributed by atoms with Gasteiger partial charge in [-0.3, -0.25) is 4.90 Å². The van der Waals surface area contributed by atoms with Crippen LogP contribution in [0, 0.1) is 5.82 Å². The Labute approximate surface area is 206 Å². The first-order chi connectivity index (χ1) is 15.7. The predicted octanol–water partition coefficient (Wildman–Crippen LogP) is 6.19. The van der Waals surface area contributed by atoms with E-state index in [0.29, 0.717) is 27.8 Å². The topological polar surface area (TPSA) is 78.5 Å². The zero-order chi connectivity index (χ0) is 24.0. The van der Waals surface area contributed by atoms with Gasteiger partial charge in [-0.25, -0.2) is 22.3 Å². The van der Waals surface area contributed by atoms with Crippen molar-refractivity contribution >= 4 is 62.2 Å². The molecule has 0 saturated carbocycles. The lowest BCUT2D eigenvalue weighted by Crippen LogP contribution is -2.37. The third-order valence-electron chi connectivity index (χ3n) is 4.53. The molecule has 6 nitrogen and oxygen atoms in total. The molecule has 0 aliphatic rings. The first-order valence-electron chi connectivity index (χ1n) is 9.70. The first-order valence-corrected chi connectivity index (χ1v) is 12.3. The van der Waals surface area contributed by atoms with Crippen LogP contribution in [0.25, 0.3) is 0 Å². The zero-order valence-corrected chi connectivity index (χ0v) is 20.1. The van der Waals surface area contributed by atoms with Gasteiger partial charge in [0.25, 0.3) is 0 Å². The summed E-state index contributed by atoms with van der Waals surface area (Å²) in [6.07, 6.45) is 0.291. The van der Waals surface area contributed by atoms with Crippen LogP contribution < -0.4 is 14.9 Å². The normalized spacial score (nSPS) is 11.3. The van der Waals surface area contributed by atoms with Gasteiger partial charge in [0.05, 0.1) is 14.9 Å². The molecule has 174 valence electrons. The molecule has 0 radical (unpaired) electrons. The molecule has 33 heavy (non-hydrogen) atoms. The van der Waals surface area contributed by atoms with Crippen LogP contribution >= 0.6 is 34.8 Å². The highest BCUT2D eigenvalue weighted by Crippen LogP contribution is 2.26. The summed E-state index contributed by atoms with van der Waals surface area (Å²) in [5.41, 5.74) is 0.861. The third-order valence-corrected chi connectivity index (χ3v) is 7.00. The highest BCUT2D eigenvalue weighted by molar-refractivity contribution is 7.89. The van der Waals surface area contributed by atoms with Gasteiger partial charge in [-0.2, -0.15) is 0 Å². The molecular formula is C22H19Cl3FN3O3S. The summed E-state index contributed by atoms with van der Waals surface area (Å²) in [4.78, 5) is 14.4. The highest BCUT2D eigenvalue weighted by Gasteiger charge is 2.18. The number of anilines is 2. The number of benzene rings is 3. The molecule has 3 aromatic carbocycles. The molecule has 0 aliphatic carbocycles. The molecule has 0 aromatic heterocycles. The second kappa shape index (κ2) is 11.2. The largest absolute Gasteiger partial charge is 0.326 e. The van der Waals surface area contributed by atoms with Gasteiger partial charge >= 0.3 is 6.03 Å². The average molecular weight is 531 g/mol. The Balaban J connectivity index is 1.68. The Morgan fingerprint density at radius 3 is 2.21 bits per heavy atom. The standard InChI is InChI=1S/C22H19Cl3FN3O3S/c23-15-2-9-19(10-3-15)33(31,32)27-12-1-13-29(18-7-4-16(26)5-8-18)22(30)28-17-6-11-20(24)21(25)14-17/h2-11,14,27H,1,12-13H2,(H,28,30). The molecule has 2 amide bonds. The summed E-state index contributed by atoms with van der Waals surface area (Å²) in [5, 5.41) is 3.76. The van der Waals surface area contributed by atoms with Crippen LogP contribution in [0.15, 0.2) is 71.6 Å². The van der Waals surface area contributed by atoms with Crippen LogP contribution in [0.3, 0.4) is 0 Å². The minimum absolute atomic E-state index is 0.0721. The van der Waals surface area contributed by atoms with Crippen molar-refractivity contribution in [3.63, 3.8) is 0 Å². The molecule has 0 aliphatic heterocycles. The number of nitrogens with one attached hydrogen (secondary N) is 2. The molecule has 0 spiro atoms. The lowest BCUT2D eigenvalue weighted by atomic mass is 10.2. The number of nitrogens with zero attached hydrogens (tertiary/aromatic N) is 1. The van der Waals surface area contributed by atoms with Crippen LogP contribution in [0.2, 0.25) is 15.1 Å². The van der Waals surface area contributed by atoms with Gasteiger partial charge in [-0.05, 0) is 73.2 Å². The maximum absolute atomic E-state index is 13.4. The van der Waals surface area contributed by atoms with E-state index in [4.69, 9.17) is 34.8 Å². The number of hydrogen-bond donors (Lipinski definition) is 2. The Hall–Kier alpha value is -2.36. The van der Waals surface area contributed by atoms with Crippen molar-refractivity contribution in [2.75, 3.05) is 23.3 Å². The Bertz CT molecular complexity index is 1220. The van der Waals surface area contributed by atoms with E-state index in [1.807, 2.05) is 0 Å². The predicted molar refractivity (Wildman–Crippen MR) is 130 cm³/mol. The van der Waals surface area contributed by atoms with Crippen molar-refractivity contribution in [1.82, 2.24) is 4.72 Å². The number of hydrogen-bond acceptors (Lipinski definition) is 3. The number of rotatable bonds is 8. The summed E-state index contributed by atoms with van der Waals surface area (Å²) in [6.45, 7) is 0.227. The second-order valence-corrected chi connectivity index (χ2v) is 9.91. The number of carbonyl (C=O) groups excluding carboxylic acids is 1. The Morgan fingerprint density at radius 1 is 0.909 bits per heavy atom. The number of carbonyl (C=O) groups is 1. The molecule has 0 fully saturated rings. The van der Waals surface area contributed by atoms with Crippen molar-refractivity contribution in [3.8, 4) is 0 Å². The van der Waals surface area contributed by atoms with Crippen molar-refractivity contribution < 1.29 is 17.6 Å². The van der Waals surface area contributed by atoms with Crippen LogP contribution in [-0.2, 0) is 10.0 Å². The van der Waals surface area contributed by atoms with Crippen LogP contribution in [0.1, 0.15) is 6.42 Å². The van der Waals surface area contributed by atoms with Gasteiger partial charge in [0.2, 0.25) is 10.0 Å². The molecule has 3 rings (SSSR count). The van der Waals surface area contributed by atoms with Crippen molar-refractivity contribution in [1.29, 1.82) is 0 Å². The van der Waals surface area contributed by atoms with Crippen molar-refractivity contribution in [2.24, 2.45) is 0 Å².